The first kappa shape index (κ1) is 36.0. The maximum atomic E-state index is 15.5. The van der Waals surface area contributed by atoms with Gasteiger partial charge < -0.3 is 14.4 Å². The molecule has 12 heteroatoms. The van der Waals surface area contributed by atoms with Gasteiger partial charge in [-0.15, -0.1) is 0 Å². The summed E-state index contributed by atoms with van der Waals surface area (Å²) in [4.78, 5) is 33.7. The van der Waals surface area contributed by atoms with E-state index in [1.54, 1.807) is 24.9 Å². The average molecular weight is 689 g/mol. The molecule has 1 atom stereocenters. The van der Waals surface area contributed by atoms with Gasteiger partial charge in [-0.2, -0.15) is 0 Å². The number of aromatic nitrogens is 2. The molecule has 1 aliphatic carbocycles. The lowest BCUT2D eigenvalue weighted by atomic mass is 9.68. The van der Waals surface area contributed by atoms with Crippen molar-refractivity contribution in [2.45, 2.75) is 84.6 Å². The average Bonchev–Trinajstić information content (AvgIpc) is 3.39. The van der Waals surface area contributed by atoms with Gasteiger partial charge in [0, 0.05) is 54.6 Å². The fourth-order valence-corrected chi connectivity index (χ4v) is 7.58. The topological polar surface area (TPSA) is 73.7 Å². The molecule has 2 fully saturated rings. The third-order valence-corrected chi connectivity index (χ3v) is 11.0. The lowest BCUT2D eigenvalue weighted by Gasteiger charge is -2.41. The maximum Gasteiger partial charge on any atom is 0.328 e. The summed E-state index contributed by atoms with van der Waals surface area (Å²) in [6.07, 6.45) is 10.2. The van der Waals surface area contributed by atoms with Crippen LogP contribution in [-0.4, -0.2) is 72.1 Å². The van der Waals surface area contributed by atoms with Crippen molar-refractivity contribution in [2.24, 2.45) is 11.3 Å². The third-order valence-electron chi connectivity index (χ3n) is 10.7. The molecular weight excluding hydrogens is 641 g/mol. The molecule has 8 nitrogen and oxygen atoms in total. The van der Waals surface area contributed by atoms with Crippen molar-refractivity contribution in [2.75, 3.05) is 49.6 Å². The number of nitrogens with zero attached hydrogens (tertiary/aromatic N) is 5. The van der Waals surface area contributed by atoms with E-state index in [0.717, 1.165) is 61.7 Å². The molecule has 48 heavy (non-hydrogen) atoms. The zero-order chi connectivity index (χ0) is 34.8. The van der Waals surface area contributed by atoms with Gasteiger partial charge in [0.1, 0.15) is 11.5 Å². The highest BCUT2D eigenvalue weighted by atomic mass is 35.5. The highest BCUT2D eigenvalue weighted by molar-refractivity contribution is 6.30. The number of halogens is 4. The van der Waals surface area contributed by atoms with Gasteiger partial charge in [0.05, 0.1) is 24.1 Å². The van der Waals surface area contributed by atoms with Gasteiger partial charge in [0.15, 0.2) is 0 Å². The number of fused-ring (bicyclic) bond motifs is 1. The fourth-order valence-electron chi connectivity index (χ4n) is 7.42. The van der Waals surface area contributed by atoms with Crippen molar-refractivity contribution in [3.05, 3.63) is 53.1 Å². The minimum atomic E-state index is -3.02. The number of aryl methyl sites for hydroxylation is 1. The first-order valence-corrected chi connectivity index (χ1v) is 17.5. The quantitative estimate of drug-likeness (QED) is 0.196. The minimum absolute atomic E-state index is 0.0968. The van der Waals surface area contributed by atoms with E-state index >= 15 is 8.78 Å². The van der Waals surface area contributed by atoms with Crippen molar-refractivity contribution in [3.63, 3.8) is 0 Å². The van der Waals surface area contributed by atoms with E-state index in [0.29, 0.717) is 23.3 Å². The Balaban J connectivity index is 1.17. The first-order chi connectivity index (χ1) is 22.8. The molecule has 2 aliphatic rings. The number of imide groups is 1. The molecule has 0 radical (unpaired) electrons. The van der Waals surface area contributed by atoms with Gasteiger partial charge in [-0.25, -0.2) is 22.9 Å². The largest absolute Gasteiger partial charge is 0.363 e. The Morgan fingerprint density at radius 1 is 1.19 bits per heavy atom. The number of hydrogen-bond acceptors (Lipinski definition) is 5. The van der Waals surface area contributed by atoms with Crippen molar-refractivity contribution < 1.29 is 22.8 Å². The minimum Gasteiger partial charge on any atom is -0.363 e. The monoisotopic (exact) mass is 688 g/mol. The van der Waals surface area contributed by atoms with Crippen LogP contribution in [0.15, 0.2) is 36.7 Å². The van der Waals surface area contributed by atoms with Crippen molar-refractivity contribution in [1.82, 2.24) is 19.8 Å². The standard InChI is InChI=1S/C36H48ClF3N6O2/c1-6-35(15-17-43(5)22-25(4)36(39,40)23-44(7-2)31-18-26(37)8-9-30(31)38)13-10-27(11-14-35)46-21-24(3)29-19-28(20-41-33(29)46)45-16-12-32(47)42-34(45)48/h8-9,18-21,25,27H,6-7,10-17,22-23H2,1-5H3,(H,42,47,48). The molecule has 0 spiro atoms. The van der Waals surface area contributed by atoms with E-state index in [9.17, 15) is 14.0 Å². The van der Waals surface area contributed by atoms with Crippen molar-refractivity contribution in [3.8, 4) is 0 Å². The van der Waals surface area contributed by atoms with Gasteiger partial charge in [-0.3, -0.25) is 15.0 Å². The number of benzene rings is 1. The summed E-state index contributed by atoms with van der Waals surface area (Å²) < 4.78 is 47.7. The third kappa shape index (κ3) is 7.77. The number of hydrogen-bond donors (Lipinski definition) is 1. The lowest BCUT2D eigenvalue weighted by Crippen LogP contribution is -2.49. The van der Waals surface area contributed by atoms with Gasteiger partial charge in [-0.1, -0.05) is 31.9 Å². The van der Waals surface area contributed by atoms with Crippen molar-refractivity contribution >= 4 is 45.9 Å². The Morgan fingerprint density at radius 3 is 2.58 bits per heavy atom. The molecule has 262 valence electrons. The Kier molecular flexibility index (Phi) is 11.0. The van der Waals surface area contributed by atoms with E-state index in [-0.39, 0.29) is 36.5 Å². The highest BCUT2D eigenvalue weighted by Crippen LogP contribution is 2.47. The Morgan fingerprint density at radius 2 is 1.92 bits per heavy atom. The summed E-state index contributed by atoms with van der Waals surface area (Å²) in [5.41, 5.74) is 2.91. The van der Waals surface area contributed by atoms with Crippen LogP contribution in [0.25, 0.3) is 11.0 Å². The Bertz CT molecular complexity index is 1620. The SMILES string of the molecule is CCN(CC(F)(F)C(C)CN(C)CCC1(CC)CCC(n2cc(C)c3cc(N4CCC(=O)NC4=O)cnc32)CC1)c1cc(Cl)ccc1F. The molecule has 1 aliphatic heterocycles. The summed E-state index contributed by atoms with van der Waals surface area (Å²) in [7, 11) is 1.91. The molecule has 1 saturated heterocycles. The van der Waals surface area contributed by atoms with Crippen LogP contribution in [0.3, 0.4) is 0 Å². The highest BCUT2D eigenvalue weighted by Gasteiger charge is 2.40. The zero-order valence-electron chi connectivity index (χ0n) is 28.7. The normalized spacial score (nSPS) is 21.2. The van der Waals surface area contributed by atoms with Crippen LogP contribution in [0.2, 0.25) is 5.02 Å². The van der Waals surface area contributed by atoms with Crippen LogP contribution in [0, 0.1) is 24.1 Å². The molecule has 3 aromatic rings. The second kappa shape index (κ2) is 14.7. The molecule has 1 aromatic carbocycles. The molecule has 2 aromatic heterocycles. The number of carbonyl (C=O) groups is 2. The number of amides is 3. The number of carbonyl (C=O) groups excluding carboxylic acids is 2. The van der Waals surface area contributed by atoms with E-state index in [2.05, 4.69) is 29.9 Å². The Labute approximate surface area is 286 Å². The molecule has 5 rings (SSSR count). The van der Waals surface area contributed by atoms with E-state index in [1.807, 2.05) is 18.0 Å². The molecule has 1 N–H and O–H groups in total. The number of pyridine rings is 1. The van der Waals surface area contributed by atoms with Crippen molar-refractivity contribution in [1.29, 1.82) is 0 Å². The van der Waals surface area contributed by atoms with Gasteiger partial charge in [0.25, 0.3) is 5.92 Å². The van der Waals surface area contributed by atoms with Gasteiger partial charge in [-0.05, 0) is 94.8 Å². The molecular formula is C36H48ClF3N6O2. The fraction of sp³-hybridized carbons (Fsp3) is 0.583. The lowest BCUT2D eigenvalue weighted by molar-refractivity contribution is -0.120. The van der Waals surface area contributed by atoms with Gasteiger partial charge in [0.2, 0.25) is 5.91 Å². The zero-order valence-corrected chi connectivity index (χ0v) is 29.4. The van der Waals surface area contributed by atoms with E-state index < -0.39 is 30.2 Å². The van der Waals surface area contributed by atoms with Crippen LogP contribution in [-0.2, 0) is 4.79 Å². The van der Waals surface area contributed by atoms with Crippen LogP contribution in [0.4, 0.5) is 29.3 Å². The Hall–Kier alpha value is -3.31. The number of nitrogens with one attached hydrogen (secondary N) is 1. The smallest absolute Gasteiger partial charge is 0.328 e. The molecule has 3 amide bonds. The predicted molar refractivity (Wildman–Crippen MR) is 186 cm³/mol. The number of anilines is 2. The summed E-state index contributed by atoms with van der Waals surface area (Å²) >= 11 is 6.03. The van der Waals surface area contributed by atoms with E-state index in [4.69, 9.17) is 16.6 Å². The van der Waals surface area contributed by atoms with Crippen LogP contribution < -0.4 is 15.1 Å². The molecule has 1 unspecified atom stereocenters. The first-order valence-electron chi connectivity index (χ1n) is 17.1. The van der Waals surface area contributed by atoms with E-state index in [1.165, 1.54) is 23.1 Å². The summed E-state index contributed by atoms with van der Waals surface area (Å²) in [6, 6.07) is 5.90. The van der Waals surface area contributed by atoms with Crippen LogP contribution >= 0.6 is 11.6 Å². The van der Waals surface area contributed by atoms with Gasteiger partial charge >= 0.3 is 6.03 Å². The number of urea groups is 1. The summed E-state index contributed by atoms with van der Waals surface area (Å²) in [5.74, 6) is -4.77. The number of alkyl halides is 2. The molecule has 1 saturated carbocycles. The number of rotatable bonds is 13. The van der Waals surface area contributed by atoms with Crippen LogP contribution in [0.1, 0.15) is 77.3 Å². The predicted octanol–water partition coefficient (Wildman–Crippen LogP) is 8.21. The second-order valence-electron chi connectivity index (χ2n) is 13.9. The molecule has 3 heterocycles. The summed E-state index contributed by atoms with van der Waals surface area (Å²) in [5, 5.41) is 3.68. The molecule has 0 bridgehead atoms. The second-order valence-corrected chi connectivity index (χ2v) is 14.3. The van der Waals surface area contributed by atoms with Crippen LogP contribution in [0.5, 0.6) is 0 Å². The summed E-state index contributed by atoms with van der Waals surface area (Å²) in [6.45, 7) is 8.56. The maximum absolute atomic E-state index is 15.5.